The molecule has 0 spiro atoms. The van der Waals surface area contributed by atoms with Crippen LogP contribution in [0.25, 0.3) is 0 Å². The summed E-state index contributed by atoms with van der Waals surface area (Å²) in [4.78, 5) is 0. The van der Waals surface area contributed by atoms with Crippen molar-refractivity contribution >= 4 is 0 Å². The SMILES string of the molecule is NC(CC1CC1)c1ccc2c(c1)OCCCO2. The van der Waals surface area contributed by atoms with Gasteiger partial charge >= 0.3 is 0 Å². The molecule has 0 aromatic heterocycles. The third-order valence-corrected chi connectivity index (χ3v) is 3.48. The number of hydrogen-bond donors (Lipinski definition) is 1. The molecule has 1 unspecified atom stereocenters. The topological polar surface area (TPSA) is 44.5 Å². The lowest BCUT2D eigenvalue weighted by Gasteiger charge is -2.14. The highest BCUT2D eigenvalue weighted by atomic mass is 16.5. The van der Waals surface area contributed by atoms with Crippen molar-refractivity contribution in [3.05, 3.63) is 23.8 Å². The summed E-state index contributed by atoms with van der Waals surface area (Å²) in [6.07, 6.45) is 4.73. The Morgan fingerprint density at radius 1 is 1.18 bits per heavy atom. The van der Waals surface area contributed by atoms with Crippen molar-refractivity contribution in [2.45, 2.75) is 31.7 Å². The Morgan fingerprint density at radius 3 is 2.71 bits per heavy atom. The highest BCUT2D eigenvalue weighted by molar-refractivity contribution is 5.44. The van der Waals surface area contributed by atoms with Crippen molar-refractivity contribution in [3.8, 4) is 11.5 Å². The molecule has 1 aromatic rings. The minimum absolute atomic E-state index is 0.139. The molecule has 3 heteroatoms. The Labute approximate surface area is 102 Å². The van der Waals surface area contributed by atoms with E-state index in [2.05, 4.69) is 6.07 Å². The van der Waals surface area contributed by atoms with Crippen molar-refractivity contribution in [3.63, 3.8) is 0 Å². The molecule has 2 aliphatic rings. The Bertz CT molecular complexity index is 401. The summed E-state index contributed by atoms with van der Waals surface area (Å²) in [6, 6.07) is 6.25. The predicted octanol–water partition coefficient (Wildman–Crippen LogP) is 2.65. The second-order valence-corrected chi connectivity index (χ2v) is 5.04. The van der Waals surface area contributed by atoms with Crippen LogP contribution >= 0.6 is 0 Å². The fourth-order valence-corrected chi connectivity index (χ4v) is 2.26. The van der Waals surface area contributed by atoms with E-state index in [9.17, 15) is 0 Å². The van der Waals surface area contributed by atoms with E-state index in [0.717, 1.165) is 43.5 Å². The zero-order valence-electron chi connectivity index (χ0n) is 10.0. The average molecular weight is 233 g/mol. The van der Waals surface area contributed by atoms with Gasteiger partial charge in [-0.15, -0.1) is 0 Å². The number of benzene rings is 1. The first-order valence-electron chi connectivity index (χ1n) is 6.48. The van der Waals surface area contributed by atoms with Gasteiger partial charge in [0.25, 0.3) is 0 Å². The van der Waals surface area contributed by atoms with Gasteiger partial charge < -0.3 is 15.2 Å². The molecule has 1 atom stereocenters. The third kappa shape index (κ3) is 2.55. The lowest BCUT2D eigenvalue weighted by atomic mass is 10.0. The first-order chi connectivity index (χ1) is 8.33. The Balaban J connectivity index is 1.78. The van der Waals surface area contributed by atoms with Crippen LogP contribution in [0.4, 0.5) is 0 Å². The van der Waals surface area contributed by atoms with Crippen LogP contribution in [0.1, 0.15) is 37.3 Å². The van der Waals surface area contributed by atoms with E-state index in [1.807, 2.05) is 12.1 Å². The monoisotopic (exact) mass is 233 g/mol. The van der Waals surface area contributed by atoms with Crippen molar-refractivity contribution < 1.29 is 9.47 Å². The maximum absolute atomic E-state index is 6.21. The summed E-state index contributed by atoms with van der Waals surface area (Å²) >= 11 is 0. The Morgan fingerprint density at radius 2 is 1.94 bits per heavy atom. The number of ether oxygens (including phenoxy) is 2. The summed E-state index contributed by atoms with van der Waals surface area (Å²) < 4.78 is 11.3. The van der Waals surface area contributed by atoms with E-state index >= 15 is 0 Å². The minimum Gasteiger partial charge on any atom is -0.490 e. The van der Waals surface area contributed by atoms with Gasteiger partial charge in [-0.2, -0.15) is 0 Å². The van der Waals surface area contributed by atoms with E-state index in [-0.39, 0.29) is 6.04 Å². The second-order valence-electron chi connectivity index (χ2n) is 5.04. The molecule has 1 aliphatic heterocycles. The van der Waals surface area contributed by atoms with E-state index in [0.29, 0.717) is 0 Å². The van der Waals surface area contributed by atoms with Crippen molar-refractivity contribution in [1.82, 2.24) is 0 Å². The molecule has 1 heterocycles. The summed E-state index contributed by atoms with van der Waals surface area (Å²) in [6.45, 7) is 1.47. The maximum atomic E-state index is 6.21. The van der Waals surface area contributed by atoms with Gasteiger partial charge in [-0.05, 0) is 30.0 Å². The molecule has 17 heavy (non-hydrogen) atoms. The molecular weight excluding hydrogens is 214 g/mol. The van der Waals surface area contributed by atoms with Crippen LogP contribution in [0, 0.1) is 5.92 Å². The zero-order chi connectivity index (χ0) is 11.7. The Kier molecular flexibility index (Phi) is 2.93. The fourth-order valence-electron chi connectivity index (χ4n) is 2.26. The molecule has 92 valence electrons. The average Bonchev–Trinajstić information content (AvgIpc) is 3.14. The molecule has 1 aliphatic carbocycles. The minimum atomic E-state index is 0.139. The fraction of sp³-hybridized carbons (Fsp3) is 0.571. The molecule has 0 bridgehead atoms. The second kappa shape index (κ2) is 4.57. The van der Waals surface area contributed by atoms with Gasteiger partial charge in [0.1, 0.15) is 0 Å². The maximum Gasteiger partial charge on any atom is 0.161 e. The van der Waals surface area contributed by atoms with E-state index in [1.165, 1.54) is 18.4 Å². The molecule has 3 nitrogen and oxygen atoms in total. The summed E-state index contributed by atoms with van der Waals surface area (Å²) in [5, 5.41) is 0. The number of rotatable bonds is 3. The van der Waals surface area contributed by atoms with Gasteiger partial charge in [0.2, 0.25) is 0 Å². The van der Waals surface area contributed by atoms with Gasteiger partial charge in [0.05, 0.1) is 13.2 Å². The van der Waals surface area contributed by atoms with E-state index < -0.39 is 0 Å². The molecule has 0 amide bonds. The van der Waals surface area contributed by atoms with Crippen LogP contribution in [0.15, 0.2) is 18.2 Å². The highest BCUT2D eigenvalue weighted by Gasteiger charge is 2.25. The van der Waals surface area contributed by atoms with Crippen molar-refractivity contribution in [2.24, 2.45) is 11.7 Å². The third-order valence-electron chi connectivity index (χ3n) is 3.48. The lowest BCUT2D eigenvalue weighted by Crippen LogP contribution is -2.11. The van der Waals surface area contributed by atoms with Crippen molar-refractivity contribution in [1.29, 1.82) is 0 Å². The summed E-state index contributed by atoms with van der Waals surface area (Å²) in [5.74, 6) is 2.55. The predicted molar refractivity (Wildman–Crippen MR) is 66.3 cm³/mol. The number of nitrogens with two attached hydrogens (primary N) is 1. The molecule has 2 N–H and O–H groups in total. The zero-order valence-corrected chi connectivity index (χ0v) is 10.0. The van der Waals surface area contributed by atoms with Crippen LogP contribution in [0.2, 0.25) is 0 Å². The summed E-state index contributed by atoms with van der Waals surface area (Å²) in [7, 11) is 0. The number of fused-ring (bicyclic) bond motifs is 1. The quantitative estimate of drug-likeness (QED) is 0.873. The van der Waals surface area contributed by atoms with Crippen LogP contribution in [-0.4, -0.2) is 13.2 Å². The first kappa shape index (κ1) is 10.9. The Hall–Kier alpha value is -1.22. The van der Waals surface area contributed by atoms with Crippen LogP contribution in [0.5, 0.6) is 11.5 Å². The normalized spacial score (nSPS) is 20.8. The smallest absolute Gasteiger partial charge is 0.161 e. The highest BCUT2D eigenvalue weighted by Crippen LogP contribution is 2.38. The van der Waals surface area contributed by atoms with Gasteiger partial charge in [0.15, 0.2) is 11.5 Å². The molecule has 1 aromatic carbocycles. The lowest BCUT2D eigenvalue weighted by molar-refractivity contribution is 0.297. The molecule has 1 saturated carbocycles. The standard InChI is InChI=1S/C14H19NO2/c15-12(8-10-2-3-10)11-4-5-13-14(9-11)17-7-1-6-16-13/h4-5,9-10,12H,1-3,6-8,15H2. The van der Waals surface area contributed by atoms with Gasteiger partial charge in [-0.25, -0.2) is 0 Å². The first-order valence-corrected chi connectivity index (χ1v) is 6.48. The van der Waals surface area contributed by atoms with Gasteiger partial charge in [0, 0.05) is 12.5 Å². The van der Waals surface area contributed by atoms with Crippen LogP contribution in [0.3, 0.4) is 0 Å². The molecule has 0 saturated heterocycles. The molecule has 1 fully saturated rings. The van der Waals surface area contributed by atoms with Crippen LogP contribution in [-0.2, 0) is 0 Å². The molecule has 0 radical (unpaired) electrons. The number of hydrogen-bond acceptors (Lipinski definition) is 3. The van der Waals surface area contributed by atoms with Crippen molar-refractivity contribution in [2.75, 3.05) is 13.2 Å². The van der Waals surface area contributed by atoms with E-state index in [4.69, 9.17) is 15.2 Å². The van der Waals surface area contributed by atoms with Gasteiger partial charge in [-0.1, -0.05) is 18.9 Å². The van der Waals surface area contributed by atoms with E-state index in [1.54, 1.807) is 0 Å². The van der Waals surface area contributed by atoms with Gasteiger partial charge in [-0.3, -0.25) is 0 Å². The largest absolute Gasteiger partial charge is 0.490 e. The summed E-state index contributed by atoms with van der Waals surface area (Å²) in [5.41, 5.74) is 7.38. The molecular formula is C14H19NO2. The van der Waals surface area contributed by atoms with Crippen LogP contribution < -0.4 is 15.2 Å². The molecule has 3 rings (SSSR count).